The minimum absolute atomic E-state index is 0.0212. The van der Waals surface area contributed by atoms with Gasteiger partial charge in [0.15, 0.2) is 0 Å². The van der Waals surface area contributed by atoms with E-state index in [2.05, 4.69) is 10.2 Å². The van der Waals surface area contributed by atoms with E-state index in [9.17, 15) is 35.2 Å². The first-order chi connectivity index (χ1) is 19.3. The predicted octanol–water partition coefficient (Wildman–Crippen LogP) is 3.06. The second-order valence-electron chi connectivity index (χ2n) is 10.9. The third-order valence-corrected chi connectivity index (χ3v) is 6.57. The van der Waals surface area contributed by atoms with Crippen LogP contribution in [-0.2, 0) is 17.8 Å². The normalized spacial score (nSPS) is 16.4. The van der Waals surface area contributed by atoms with E-state index in [-0.39, 0.29) is 29.0 Å². The molecule has 2 aliphatic heterocycles. The molecule has 2 aliphatic rings. The summed E-state index contributed by atoms with van der Waals surface area (Å²) < 4.78 is 5.35. The molecule has 3 N–H and O–H groups in total. The van der Waals surface area contributed by atoms with Crippen LogP contribution in [0.2, 0.25) is 0 Å². The van der Waals surface area contributed by atoms with E-state index < -0.39 is 15.4 Å². The molecule has 0 aromatic heterocycles. The van der Waals surface area contributed by atoms with E-state index in [4.69, 9.17) is 4.74 Å². The van der Waals surface area contributed by atoms with Gasteiger partial charge in [-0.25, -0.2) is 4.79 Å². The number of carbonyl (C=O) groups is 1. The van der Waals surface area contributed by atoms with E-state index in [1.807, 2.05) is 25.7 Å². The van der Waals surface area contributed by atoms with Gasteiger partial charge in [-0.2, -0.15) is 0 Å². The number of hydrogen-bond donors (Lipinski definition) is 3. The minimum Gasteiger partial charge on any atom is -0.508 e. The molecular formula is C27H38N6O8. The summed E-state index contributed by atoms with van der Waals surface area (Å²) in [6, 6.07) is 8.14. The smallest absolute Gasteiger partial charge is 0.410 e. The van der Waals surface area contributed by atoms with Crippen molar-refractivity contribution in [3.8, 4) is 11.5 Å². The van der Waals surface area contributed by atoms with Gasteiger partial charge in [-0.15, -0.1) is 0 Å². The highest BCUT2D eigenvalue weighted by atomic mass is 16.6. The fourth-order valence-electron chi connectivity index (χ4n) is 4.39. The summed E-state index contributed by atoms with van der Waals surface area (Å²) in [4.78, 5) is 38.4. The highest BCUT2D eigenvalue weighted by Crippen LogP contribution is 2.26. The lowest BCUT2D eigenvalue weighted by atomic mass is 10.1. The zero-order chi connectivity index (χ0) is 30.2. The minimum atomic E-state index is -0.525. The number of hydrogen-bond acceptors (Lipinski definition) is 11. The molecule has 2 heterocycles. The van der Waals surface area contributed by atoms with Gasteiger partial charge in [0, 0.05) is 101 Å². The molecule has 4 rings (SSSR count). The van der Waals surface area contributed by atoms with E-state index in [0.717, 1.165) is 26.2 Å². The number of amides is 1. The van der Waals surface area contributed by atoms with Crippen molar-refractivity contribution in [2.45, 2.75) is 39.5 Å². The lowest BCUT2D eigenvalue weighted by Gasteiger charge is -2.35. The number of piperazine rings is 2. The molecule has 2 fully saturated rings. The van der Waals surface area contributed by atoms with Gasteiger partial charge in [0.2, 0.25) is 0 Å². The predicted molar refractivity (Wildman–Crippen MR) is 151 cm³/mol. The van der Waals surface area contributed by atoms with Gasteiger partial charge in [-0.3, -0.25) is 30.0 Å². The van der Waals surface area contributed by atoms with Gasteiger partial charge in [0.1, 0.15) is 17.1 Å². The molecule has 1 amide bonds. The molecule has 0 unspecified atom stereocenters. The monoisotopic (exact) mass is 574 g/mol. The molecule has 14 nitrogen and oxygen atoms in total. The highest BCUT2D eigenvalue weighted by molar-refractivity contribution is 5.68. The molecule has 41 heavy (non-hydrogen) atoms. The molecule has 2 saturated heterocycles. The molecule has 0 radical (unpaired) electrons. The van der Waals surface area contributed by atoms with Crippen molar-refractivity contribution < 1.29 is 29.6 Å². The molecule has 14 heteroatoms. The van der Waals surface area contributed by atoms with E-state index in [0.29, 0.717) is 50.4 Å². The molecule has 2 aromatic rings. The summed E-state index contributed by atoms with van der Waals surface area (Å²) >= 11 is 0. The standard InChI is InChI=1S/C16H23N3O5.C11H15N3O3/c1-16(2,3)24-15(21)18-8-6-17(7-9-18)11-12-10-13(19(22)23)4-5-14(12)20;15-11-2-1-10(14(16)17)7-9(11)8-13-5-3-12-4-6-13/h4-5,10,20H,6-9,11H2,1-3H3;1-2,7,12,15H,3-6,8H2. The van der Waals surface area contributed by atoms with Crippen LogP contribution in [0.15, 0.2) is 36.4 Å². The van der Waals surface area contributed by atoms with Crippen molar-refractivity contribution in [1.29, 1.82) is 0 Å². The first-order valence-electron chi connectivity index (χ1n) is 13.4. The molecule has 0 spiro atoms. The Kier molecular flexibility index (Phi) is 10.8. The number of phenols is 2. The second kappa shape index (κ2) is 14.1. The SMILES string of the molecule is CC(C)(C)OC(=O)N1CCN(Cc2cc([N+](=O)[O-])ccc2O)CC1.O=[N+]([O-])c1ccc(O)c(CN2CCNCC2)c1. The number of aromatic hydroxyl groups is 2. The van der Waals surface area contributed by atoms with Crippen LogP contribution in [0.3, 0.4) is 0 Å². The Morgan fingerprint density at radius 1 is 0.829 bits per heavy atom. The van der Waals surface area contributed by atoms with E-state index in [1.165, 1.54) is 36.4 Å². The molecule has 0 bridgehead atoms. The molecule has 0 saturated carbocycles. The third kappa shape index (κ3) is 9.84. The van der Waals surface area contributed by atoms with Crippen LogP contribution >= 0.6 is 0 Å². The van der Waals surface area contributed by atoms with Crippen LogP contribution in [0, 0.1) is 20.2 Å². The van der Waals surface area contributed by atoms with Gasteiger partial charge in [0.05, 0.1) is 9.85 Å². The number of nitro groups is 2. The summed E-state index contributed by atoms with van der Waals surface area (Å²) in [6.07, 6.45) is -0.333. The zero-order valence-electron chi connectivity index (χ0n) is 23.6. The fourth-order valence-corrected chi connectivity index (χ4v) is 4.39. The van der Waals surface area contributed by atoms with Crippen LogP contribution in [0.4, 0.5) is 16.2 Å². The molecule has 224 valence electrons. The Morgan fingerprint density at radius 2 is 1.27 bits per heavy atom. The van der Waals surface area contributed by atoms with Crippen molar-refractivity contribution in [3.63, 3.8) is 0 Å². The first kappa shape index (κ1) is 31.5. The van der Waals surface area contributed by atoms with Crippen molar-refractivity contribution in [3.05, 3.63) is 67.8 Å². The number of non-ortho nitro benzene ring substituents is 2. The lowest BCUT2D eigenvalue weighted by Crippen LogP contribution is -2.49. The van der Waals surface area contributed by atoms with Crippen LogP contribution in [0.1, 0.15) is 31.9 Å². The number of ether oxygens (including phenoxy) is 1. The fraction of sp³-hybridized carbons (Fsp3) is 0.519. The Labute approximate surface area is 238 Å². The van der Waals surface area contributed by atoms with Crippen LogP contribution in [-0.4, -0.2) is 98.8 Å². The Balaban J connectivity index is 0.000000239. The van der Waals surface area contributed by atoms with Crippen molar-refractivity contribution in [1.82, 2.24) is 20.0 Å². The average Bonchev–Trinajstić information content (AvgIpc) is 2.91. The van der Waals surface area contributed by atoms with Crippen LogP contribution in [0.25, 0.3) is 0 Å². The zero-order valence-corrected chi connectivity index (χ0v) is 23.6. The maximum atomic E-state index is 12.0. The van der Waals surface area contributed by atoms with Gasteiger partial charge < -0.3 is 25.2 Å². The number of nitrogens with one attached hydrogen (secondary N) is 1. The summed E-state index contributed by atoms with van der Waals surface area (Å²) in [5.74, 6) is 0.157. The number of phenolic OH excluding ortho intramolecular Hbond substituents is 2. The number of rotatable bonds is 6. The van der Waals surface area contributed by atoms with Gasteiger partial charge >= 0.3 is 6.09 Å². The maximum Gasteiger partial charge on any atom is 0.410 e. The largest absolute Gasteiger partial charge is 0.508 e. The summed E-state index contributed by atoms with van der Waals surface area (Å²) in [5.41, 5.74) is 0.572. The first-order valence-corrected chi connectivity index (χ1v) is 13.4. The summed E-state index contributed by atoms with van der Waals surface area (Å²) in [6.45, 7) is 12.3. The number of nitrogens with zero attached hydrogens (tertiary/aromatic N) is 5. The molecule has 2 aromatic carbocycles. The van der Waals surface area contributed by atoms with Crippen molar-refractivity contribution in [2.75, 3.05) is 52.4 Å². The maximum absolute atomic E-state index is 12.0. The van der Waals surface area contributed by atoms with Crippen molar-refractivity contribution >= 4 is 17.5 Å². The van der Waals surface area contributed by atoms with Gasteiger partial charge in [0.25, 0.3) is 11.4 Å². The Bertz CT molecular complexity index is 1220. The lowest BCUT2D eigenvalue weighted by molar-refractivity contribution is -0.385. The molecule has 0 aliphatic carbocycles. The van der Waals surface area contributed by atoms with Gasteiger partial charge in [-0.05, 0) is 32.9 Å². The highest BCUT2D eigenvalue weighted by Gasteiger charge is 2.26. The number of benzene rings is 2. The molecule has 0 atom stereocenters. The third-order valence-electron chi connectivity index (χ3n) is 6.57. The topological polar surface area (TPSA) is 175 Å². The van der Waals surface area contributed by atoms with E-state index >= 15 is 0 Å². The number of carbonyl (C=O) groups excluding carboxylic acids is 1. The Hall–Kier alpha value is -4.01. The van der Waals surface area contributed by atoms with Crippen LogP contribution in [0.5, 0.6) is 11.5 Å². The quantitative estimate of drug-likeness (QED) is 0.341. The average molecular weight is 575 g/mol. The van der Waals surface area contributed by atoms with E-state index in [1.54, 1.807) is 4.90 Å². The van der Waals surface area contributed by atoms with Gasteiger partial charge in [-0.1, -0.05) is 0 Å². The number of nitro benzene ring substituents is 2. The second-order valence-corrected chi connectivity index (χ2v) is 10.9. The summed E-state index contributed by atoms with van der Waals surface area (Å²) in [7, 11) is 0. The Morgan fingerprint density at radius 3 is 1.68 bits per heavy atom. The van der Waals surface area contributed by atoms with Crippen molar-refractivity contribution in [2.24, 2.45) is 0 Å². The summed E-state index contributed by atoms with van der Waals surface area (Å²) in [5, 5.41) is 44.3. The van der Waals surface area contributed by atoms with Crippen LogP contribution < -0.4 is 5.32 Å². The molecular weight excluding hydrogens is 536 g/mol.